The van der Waals surface area contributed by atoms with Gasteiger partial charge >= 0.3 is 0 Å². The number of pyridine rings is 1. The number of thioether (sulfide) groups is 1. The second kappa shape index (κ2) is 10.7. The molecule has 3 aromatic rings. The van der Waals surface area contributed by atoms with E-state index in [1.807, 2.05) is 41.8 Å². The van der Waals surface area contributed by atoms with Gasteiger partial charge in [-0.25, -0.2) is 0 Å². The van der Waals surface area contributed by atoms with Crippen LogP contribution in [0.5, 0.6) is 11.5 Å². The summed E-state index contributed by atoms with van der Waals surface area (Å²) in [7, 11) is 0. The fourth-order valence-electron chi connectivity index (χ4n) is 3.75. The third kappa shape index (κ3) is 5.47. The Balaban J connectivity index is 1.43. The first-order valence-electron chi connectivity index (χ1n) is 11.2. The summed E-state index contributed by atoms with van der Waals surface area (Å²) >= 11 is 1.39. The zero-order chi connectivity index (χ0) is 23.2. The molecule has 0 spiro atoms. The van der Waals surface area contributed by atoms with Gasteiger partial charge in [-0.2, -0.15) is 0 Å². The van der Waals surface area contributed by atoms with Crippen molar-refractivity contribution in [1.82, 2.24) is 25.1 Å². The minimum Gasteiger partial charge on any atom is -0.490 e. The van der Waals surface area contributed by atoms with E-state index in [0.717, 1.165) is 40.0 Å². The van der Waals surface area contributed by atoms with Crippen molar-refractivity contribution in [3.63, 3.8) is 0 Å². The molecule has 1 N–H and O–H groups in total. The fourth-order valence-corrected chi connectivity index (χ4v) is 4.56. The third-order valence-electron chi connectivity index (χ3n) is 5.42. The number of fused-ring (bicyclic) bond motifs is 1. The standard InChI is InChI=1S/C24H29N5O3S/c1-4-29-23(17-8-10-25-11-9-17)27-28-24(29)33-15-21(30)26-22(16(2)3)18-6-7-19-20(14-18)32-13-5-12-31-19/h6-11,14,16,22H,4-5,12-13,15H2,1-3H3,(H,26,30)/t22-/m1/s1. The van der Waals surface area contributed by atoms with Gasteiger partial charge < -0.3 is 19.4 Å². The van der Waals surface area contributed by atoms with Gasteiger partial charge in [-0.3, -0.25) is 9.78 Å². The largest absolute Gasteiger partial charge is 0.490 e. The lowest BCUT2D eigenvalue weighted by molar-refractivity contribution is -0.119. The molecule has 2 aromatic heterocycles. The maximum absolute atomic E-state index is 12.9. The highest BCUT2D eigenvalue weighted by molar-refractivity contribution is 7.99. The number of nitrogens with zero attached hydrogens (tertiary/aromatic N) is 4. The number of carbonyl (C=O) groups is 1. The van der Waals surface area contributed by atoms with E-state index in [1.165, 1.54) is 11.8 Å². The van der Waals surface area contributed by atoms with Crippen LogP contribution in [0.3, 0.4) is 0 Å². The van der Waals surface area contributed by atoms with Crippen LogP contribution >= 0.6 is 11.8 Å². The summed E-state index contributed by atoms with van der Waals surface area (Å²) in [6.45, 7) is 8.22. The average molecular weight is 468 g/mol. The number of nitrogens with one attached hydrogen (secondary N) is 1. The van der Waals surface area contributed by atoms with Crippen LogP contribution in [-0.4, -0.2) is 44.6 Å². The number of hydrogen-bond acceptors (Lipinski definition) is 7. The number of amides is 1. The van der Waals surface area contributed by atoms with Crippen molar-refractivity contribution in [2.24, 2.45) is 5.92 Å². The minimum absolute atomic E-state index is 0.0538. The number of hydrogen-bond donors (Lipinski definition) is 1. The van der Waals surface area contributed by atoms with E-state index in [2.05, 4.69) is 34.3 Å². The Morgan fingerprint density at radius 3 is 2.61 bits per heavy atom. The zero-order valence-electron chi connectivity index (χ0n) is 19.2. The van der Waals surface area contributed by atoms with Crippen LogP contribution in [0.1, 0.15) is 38.8 Å². The third-order valence-corrected chi connectivity index (χ3v) is 6.38. The monoisotopic (exact) mass is 467 g/mol. The molecule has 1 atom stereocenters. The predicted octanol–water partition coefficient (Wildman–Crippen LogP) is 4.13. The Labute approximate surface area is 198 Å². The van der Waals surface area contributed by atoms with E-state index in [1.54, 1.807) is 12.4 Å². The molecule has 1 aliphatic rings. The fraction of sp³-hybridized carbons (Fsp3) is 0.417. The maximum Gasteiger partial charge on any atom is 0.230 e. The van der Waals surface area contributed by atoms with Crippen molar-refractivity contribution in [2.75, 3.05) is 19.0 Å². The Morgan fingerprint density at radius 2 is 1.88 bits per heavy atom. The van der Waals surface area contributed by atoms with Crippen molar-refractivity contribution in [3.05, 3.63) is 48.3 Å². The van der Waals surface area contributed by atoms with E-state index in [9.17, 15) is 4.79 Å². The average Bonchev–Trinajstić information content (AvgIpc) is 3.10. The summed E-state index contributed by atoms with van der Waals surface area (Å²) in [5.41, 5.74) is 1.95. The van der Waals surface area contributed by atoms with E-state index >= 15 is 0 Å². The number of carbonyl (C=O) groups excluding carboxylic acids is 1. The molecule has 1 aliphatic heterocycles. The van der Waals surface area contributed by atoms with Crippen molar-refractivity contribution < 1.29 is 14.3 Å². The number of rotatable bonds is 8. The van der Waals surface area contributed by atoms with Crippen LogP contribution in [0, 0.1) is 5.92 Å². The molecule has 33 heavy (non-hydrogen) atoms. The van der Waals surface area contributed by atoms with Crippen molar-refractivity contribution >= 4 is 17.7 Å². The van der Waals surface area contributed by atoms with Gasteiger partial charge in [0.25, 0.3) is 0 Å². The van der Waals surface area contributed by atoms with Gasteiger partial charge in [0.05, 0.1) is 25.0 Å². The van der Waals surface area contributed by atoms with Gasteiger partial charge in [0, 0.05) is 30.9 Å². The van der Waals surface area contributed by atoms with Crippen LogP contribution < -0.4 is 14.8 Å². The highest BCUT2D eigenvalue weighted by atomic mass is 32.2. The second-order valence-electron chi connectivity index (χ2n) is 8.12. The molecule has 8 nitrogen and oxygen atoms in total. The molecule has 0 saturated heterocycles. The summed E-state index contributed by atoms with van der Waals surface area (Å²) in [5.74, 6) is 2.67. The number of ether oxygens (including phenoxy) is 2. The van der Waals surface area contributed by atoms with E-state index < -0.39 is 0 Å². The van der Waals surface area contributed by atoms with Crippen molar-refractivity contribution in [1.29, 1.82) is 0 Å². The first kappa shape index (κ1) is 23.1. The molecule has 0 fully saturated rings. The second-order valence-corrected chi connectivity index (χ2v) is 9.06. The molecular weight excluding hydrogens is 438 g/mol. The molecule has 0 radical (unpaired) electrons. The summed E-state index contributed by atoms with van der Waals surface area (Å²) in [6.07, 6.45) is 4.32. The lowest BCUT2D eigenvalue weighted by Gasteiger charge is -2.24. The molecule has 0 unspecified atom stereocenters. The molecule has 4 rings (SSSR count). The van der Waals surface area contributed by atoms with Gasteiger partial charge in [0.1, 0.15) is 0 Å². The first-order chi connectivity index (χ1) is 16.1. The lowest BCUT2D eigenvalue weighted by atomic mass is 9.95. The van der Waals surface area contributed by atoms with Gasteiger partial charge in [0.15, 0.2) is 22.5 Å². The molecule has 1 aromatic carbocycles. The molecular formula is C24H29N5O3S. The van der Waals surface area contributed by atoms with Crippen LogP contribution in [0.15, 0.2) is 47.9 Å². The number of aromatic nitrogens is 4. The van der Waals surface area contributed by atoms with E-state index in [-0.39, 0.29) is 23.6 Å². The molecule has 0 saturated carbocycles. The summed E-state index contributed by atoms with van der Waals surface area (Å²) < 4.78 is 13.6. The van der Waals surface area contributed by atoms with Crippen molar-refractivity contribution in [3.8, 4) is 22.9 Å². The topological polar surface area (TPSA) is 91.2 Å². The summed E-state index contributed by atoms with van der Waals surface area (Å²) in [6, 6.07) is 9.58. The Bertz CT molecular complexity index is 1090. The molecule has 1 amide bonds. The van der Waals surface area contributed by atoms with Crippen LogP contribution in [-0.2, 0) is 11.3 Å². The van der Waals surface area contributed by atoms with Gasteiger partial charge in [0.2, 0.25) is 5.91 Å². The maximum atomic E-state index is 12.9. The summed E-state index contributed by atoms with van der Waals surface area (Å²) in [5, 5.41) is 12.5. The van der Waals surface area contributed by atoms with E-state index in [4.69, 9.17) is 9.47 Å². The Morgan fingerprint density at radius 1 is 1.12 bits per heavy atom. The first-order valence-corrected chi connectivity index (χ1v) is 12.2. The molecule has 3 heterocycles. The van der Waals surface area contributed by atoms with Crippen LogP contribution in [0.4, 0.5) is 0 Å². The number of benzene rings is 1. The molecule has 9 heteroatoms. The van der Waals surface area contributed by atoms with Gasteiger partial charge in [-0.1, -0.05) is 31.7 Å². The lowest BCUT2D eigenvalue weighted by Crippen LogP contribution is -2.33. The highest BCUT2D eigenvalue weighted by Gasteiger charge is 2.22. The molecule has 0 aliphatic carbocycles. The van der Waals surface area contributed by atoms with Crippen LogP contribution in [0.2, 0.25) is 0 Å². The SMILES string of the molecule is CCn1c(SCC(=O)N[C@@H](c2ccc3c(c2)OCCCO3)C(C)C)nnc1-c1ccncc1. The van der Waals surface area contributed by atoms with Crippen LogP contribution in [0.25, 0.3) is 11.4 Å². The predicted molar refractivity (Wildman–Crippen MR) is 127 cm³/mol. The normalized spacial score (nSPS) is 14.1. The Kier molecular flexibility index (Phi) is 7.49. The quantitative estimate of drug-likeness (QED) is 0.498. The highest BCUT2D eigenvalue weighted by Crippen LogP contribution is 2.34. The Hall–Kier alpha value is -3.07. The van der Waals surface area contributed by atoms with E-state index in [0.29, 0.717) is 19.8 Å². The van der Waals surface area contributed by atoms with Gasteiger partial charge in [-0.15, -0.1) is 10.2 Å². The molecule has 174 valence electrons. The zero-order valence-corrected chi connectivity index (χ0v) is 20.0. The van der Waals surface area contributed by atoms with Crippen molar-refractivity contribution in [2.45, 2.75) is 44.9 Å². The van der Waals surface area contributed by atoms with Gasteiger partial charge in [-0.05, 0) is 42.7 Å². The minimum atomic E-state index is -0.133. The molecule has 0 bridgehead atoms. The summed E-state index contributed by atoms with van der Waals surface area (Å²) in [4.78, 5) is 16.9. The smallest absolute Gasteiger partial charge is 0.230 e.